The van der Waals surface area contributed by atoms with Gasteiger partial charge in [0.05, 0.1) is 0 Å². The second kappa shape index (κ2) is 40.7. The van der Waals surface area contributed by atoms with Crippen molar-refractivity contribution in [1.82, 2.24) is 0 Å². The maximum absolute atomic E-state index is 11.3. The molecule has 0 saturated heterocycles. The summed E-state index contributed by atoms with van der Waals surface area (Å²) in [6.45, 7) is 19.8. The molecule has 1 aliphatic heterocycles. The smallest absolute Gasteiger partial charge is 0.0654 e. The molecule has 0 aromatic heterocycles. The van der Waals surface area contributed by atoms with Gasteiger partial charge in [-0.15, -0.1) is 0 Å². The van der Waals surface area contributed by atoms with Crippen LogP contribution in [0.3, 0.4) is 0 Å². The molecule has 0 fully saturated rings. The molecule has 0 aliphatic carbocycles. The van der Waals surface area contributed by atoms with Crippen molar-refractivity contribution in [1.29, 1.82) is 0 Å². The Labute approximate surface area is 424 Å². The third-order valence-electron chi connectivity index (χ3n) is 14.9. The standard InChI is InChI=1S/C28H36N2.2C18H37.Ni/c1-8-9-10-11-12-24-17-27(25-13-18(2)22(6)19(3)14-25)30(29)28(24)26-15-20(4)23(7)21(5)16-26;2*1-3-5-7-9-11-13-15-17-18-16-14-12-10-8-6-4-2;/h13-17H,8-12H2,1-7H3;2*1,3-18H2,2H3;. The molecule has 0 radical (unpaired) electrons. The van der Waals surface area contributed by atoms with E-state index in [1.54, 1.807) is 0 Å². The number of rotatable bonds is 41. The third-order valence-corrected chi connectivity index (χ3v) is 16.3. The topological polar surface area (TPSA) is 25.3 Å². The van der Waals surface area contributed by atoms with Crippen LogP contribution in [0.2, 0.25) is 10.8 Å². The fourth-order valence-corrected chi connectivity index (χ4v) is 11.1. The Morgan fingerprint density at radius 2 is 0.627 bits per heavy atom. The van der Waals surface area contributed by atoms with E-state index in [4.69, 9.17) is 0 Å². The molecule has 0 unspecified atom stereocenters. The molecule has 2 aromatic carbocycles. The average molecular weight is 966 g/mol. The second-order valence-corrected chi connectivity index (χ2v) is 22.6. The summed E-state index contributed by atoms with van der Waals surface area (Å²) in [5, 5.41) is 2.87. The summed E-state index contributed by atoms with van der Waals surface area (Å²) in [6, 6.07) is 8.83. The van der Waals surface area contributed by atoms with Crippen LogP contribution < -0.4 is 0 Å². The molecule has 386 valence electrons. The molecule has 2 nitrogen and oxygen atoms in total. The van der Waals surface area contributed by atoms with Gasteiger partial charge in [0.2, 0.25) is 11.4 Å². The predicted molar refractivity (Wildman–Crippen MR) is 297 cm³/mol. The molecule has 1 aliphatic rings. The molecule has 2 aromatic rings. The molecule has 0 amide bonds. The first-order valence-electron chi connectivity index (χ1n) is 29.2. The van der Waals surface area contributed by atoms with Crippen molar-refractivity contribution >= 4 is 11.4 Å². The first-order chi connectivity index (χ1) is 32.7. The molecule has 0 saturated carbocycles. The summed E-state index contributed by atoms with van der Waals surface area (Å²) in [4.78, 5) is 0. The van der Waals surface area contributed by atoms with Crippen LogP contribution in [0.25, 0.3) is 16.9 Å². The van der Waals surface area contributed by atoms with Crippen molar-refractivity contribution in [2.45, 2.75) is 311 Å². The first-order valence-corrected chi connectivity index (χ1v) is 30.6. The SMILES string of the molecule is CCCCCCC1=C(c2cc(C)c(C)c(C)c2)[N+](=[N-])C(c2cc(C)c(C)c(C)c2)=C1.CCCCCCCCCCCCCCCCC[CH2][Ni][CH2]CCCCCCCCCCCCCCCCC. The second-order valence-electron chi connectivity index (χ2n) is 21.1. The van der Waals surface area contributed by atoms with E-state index in [1.165, 1.54) is 279 Å². The Kier molecular flexibility index (Phi) is 37.1. The fourth-order valence-electron chi connectivity index (χ4n) is 9.84. The van der Waals surface area contributed by atoms with Crippen LogP contribution >= 0.6 is 0 Å². The van der Waals surface area contributed by atoms with E-state index in [-0.39, 0.29) is 0 Å². The molecule has 0 atom stereocenters. The zero-order chi connectivity index (χ0) is 48.7. The quantitative estimate of drug-likeness (QED) is 0.0361. The number of hydrogen-bond acceptors (Lipinski definition) is 0. The molecular weight excluding hydrogens is 855 g/mol. The summed E-state index contributed by atoms with van der Waals surface area (Å²) in [6.07, 6.45) is 55.3. The predicted octanol–water partition coefficient (Wildman–Crippen LogP) is 22.7. The number of nitrogens with zero attached hydrogens (tertiary/aromatic N) is 2. The molecule has 1 heterocycles. The van der Waals surface area contributed by atoms with Crippen molar-refractivity contribution in [2.24, 2.45) is 0 Å². The Morgan fingerprint density at radius 1 is 0.358 bits per heavy atom. The summed E-state index contributed by atoms with van der Waals surface area (Å²) >= 11 is 2.04. The summed E-state index contributed by atoms with van der Waals surface area (Å²) in [5.74, 6) is 0. The van der Waals surface area contributed by atoms with Crippen LogP contribution in [-0.2, 0) is 14.4 Å². The summed E-state index contributed by atoms with van der Waals surface area (Å²) < 4.78 is 1.43. The van der Waals surface area contributed by atoms with Gasteiger partial charge in [-0.25, -0.2) is 4.70 Å². The van der Waals surface area contributed by atoms with Crippen LogP contribution in [0.1, 0.15) is 303 Å². The van der Waals surface area contributed by atoms with E-state index in [0.29, 0.717) is 0 Å². The number of hydrogen-bond donors (Lipinski definition) is 0. The Bertz CT molecular complexity index is 1550. The van der Waals surface area contributed by atoms with Gasteiger partial charge in [-0.2, -0.15) is 0 Å². The maximum atomic E-state index is 11.3. The van der Waals surface area contributed by atoms with Gasteiger partial charge >= 0.3 is 166 Å². The van der Waals surface area contributed by atoms with Gasteiger partial charge in [-0.1, -0.05) is 104 Å². The van der Waals surface area contributed by atoms with E-state index < -0.39 is 0 Å². The van der Waals surface area contributed by atoms with Crippen LogP contribution in [0.15, 0.2) is 35.9 Å². The van der Waals surface area contributed by atoms with E-state index >= 15 is 0 Å². The van der Waals surface area contributed by atoms with Gasteiger partial charge in [0.25, 0.3) is 0 Å². The molecular formula is C64H110N2Ni. The van der Waals surface area contributed by atoms with Crippen molar-refractivity contribution in [2.75, 3.05) is 0 Å². The van der Waals surface area contributed by atoms with Gasteiger partial charge in [0.15, 0.2) is 0 Å². The van der Waals surface area contributed by atoms with Gasteiger partial charge in [0, 0.05) is 22.8 Å². The van der Waals surface area contributed by atoms with Crippen LogP contribution in [0, 0.1) is 41.5 Å². The zero-order valence-corrected chi connectivity index (χ0v) is 47.2. The Balaban J connectivity index is 0.000000468. The zero-order valence-electron chi connectivity index (χ0n) is 46.2. The molecule has 0 spiro atoms. The molecule has 67 heavy (non-hydrogen) atoms. The Hall–Kier alpha value is -1.99. The van der Waals surface area contributed by atoms with E-state index in [0.717, 1.165) is 35.4 Å². The molecule has 0 bridgehead atoms. The van der Waals surface area contributed by atoms with E-state index in [2.05, 4.69) is 92.7 Å². The van der Waals surface area contributed by atoms with E-state index in [1.807, 2.05) is 14.4 Å². The molecule has 0 N–H and O–H groups in total. The van der Waals surface area contributed by atoms with Gasteiger partial charge in [-0.05, 0) is 112 Å². The van der Waals surface area contributed by atoms with Gasteiger partial charge in [0.1, 0.15) is 0 Å². The van der Waals surface area contributed by atoms with Crippen LogP contribution in [0.4, 0.5) is 0 Å². The Morgan fingerprint density at radius 3 is 0.940 bits per heavy atom. The van der Waals surface area contributed by atoms with Gasteiger partial charge < -0.3 is 5.53 Å². The number of benzene rings is 2. The summed E-state index contributed by atoms with van der Waals surface area (Å²) in [5.41, 5.74) is 24.3. The fraction of sp³-hybridized carbons (Fsp3) is 0.750. The third kappa shape index (κ3) is 27.9. The van der Waals surface area contributed by atoms with Crippen LogP contribution in [0.5, 0.6) is 0 Å². The van der Waals surface area contributed by atoms with Crippen molar-refractivity contribution in [3.8, 4) is 0 Å². The molecule has 3 rings (SSSR count). The molecule has 3 heteroatoms. The minimum atomic E-state index is 0.887. The minimum Gasteiger partial charge on any atom is -0.0654 e. The van der Waals surface area contributed by atoms with Crippen LogP contribution in [-0.4, -0.2) is 4.70 Å². The number of aryl methyl sites for hydroxylation is 4. The van der Waals surface area contributed by atoms with Crippen molar-refractivity contribution < 1.29 is 19.1 Å². The first kappa shape index (κ1) is 61.1. The normalized spacial score (nSPS) is 12.7. The average Bonchev–Trinajstić information content (AvgIpc) is 3.65. The summed E-state index contributed by atoms with van der Waals surface area (Å²) in [7, 11) is 0. The van der Waals surface area contributed by atoms with E-state index in [9.17, 15) is 5.53 Å². The minimum absolute atomic E-state index is 0.887. The van der Waals surface area contributed by atoms with Crippen molar-refractivity contribution in [3.05, 3.63) is 86.0 Å². The van der Waals surface area contributed by atoms with Crippen molar-refractivity contribution in [3.63, 3.8) is 0 Å². The number of allylic oxidation sites excluding steroid dienone is 2. The monoisotopic (exact) mass is 965 g/mol. The van der Waals surface area contributed by atoms with Gasteiger partial charge in [-0.3, -0.25) is 0 Å². The number of unbranched alkanes of at least 4 members (excludes halogenated alkanes) is 33.